The fourth-order valence-electron chi connectivity index (χ4n) is 1.07. The summed E-state index contributed by atoms with van der Waals surface area (Å²) in [4.78, 5) is 0. The molecule has 0 spiro atoms. The van der Waals surface area contributed by atoms with Crippen LogP contribution in [0.15, 0.2) is 18.2 Å². The van der Waals surface area contributed by atoms with E-state index in [2.05, 4.69) is 0 Å². The highest BCUT2D eigenvalue weighted by Crippen LogP contribution is 2.25. The molecule has 0 amide bonds. The van der Waals surface area contributed by atoms with Gasteiger partial charge in [0.15, 0.2) is 11.5 Å². The van der Waals surface area contributed by atoms with Crippen LogP contribution in [0.5, 0.6) is 11.5 Å². The second-order valence-corrected chi connectivity index (χ2v) is 3.00. The van der Waals surface area contributed by atoms with Gasteiger partial charge in [0.05, 0.1) is 0 Å². The number of hydrogen-bond donors (Lipinski definition) is 3. The second-order valence-electron chi connectivity index (χ2n) is 3.00. The monoisotopic (exact) mass is 167 g/mol. The minimum absolute atomic E-state index is 0.0638. The lowest BCUT2D eigenvalue weighted by Gasteiger charge is -2.05. The van der Waals surface area contributed by atoms with Crippen LogP contribution in [0.1, 0.15) is 12.5 Å². The molecule has 0 aliphatic carbocycles. The lowest BCUT2D eigenvalue weighted by atomic mass is 10.1. The van der Waals surface area contributed by atoms with E-state index in [1.165, 1.54) is 12.1 Å². The van der Waals surface area contributed by atoms with Gasteiger partial charge in [-0.2, -0.15) is 0 Å². The minimum atomic E-state index is -0.0941. The van der Waals surface area contributed by atoms with E-state index in [4.69, 9.17) is 15.9 Å². The molecule has 0 saturated heterocycles. The lowest BCUT2D eigenvalue weighted by Crippen LogP contribution is -2.17. The second kappa shape index (κ2) is 3.45. The molecule has 3 nitrogen and oxygen atoms in total. The molecule has 1 aromatic rings. The maximum Gasteiger partial charge on any atom is 0.157 e. The highest BCUT2D eigenvalue weighted by molar-refractivity contribution is 5.40. The molecule has 0 saturated carbocycles. The standard InChI is InChI=1S/C9H13NO2/c1-6(10)4-7-2-3-8(11)9(12)5-7/h2-3,5-6,11-12H,4,10H2,1H3. The molecule has 0 aliphatic rings. The molecule has 0 heterocycles. The van der Waals surface area contributed by atoms with Crippen molar-refractivity contribution in [2.45, 2.75) is 19.4 Å². The van der Waals surface area contributed by atoms with Crippen LogP contribution >= 0.6 is 0 Å². The zero-order valence-corrected chi connectivity index (χ0v) is 6.99. The number of aromatic hydroxyl groups is 2. The van der Waals surface area contributed by atoms with Gasteiger partial charge >= 0.3 is 0 Å². The van der Waals surface area contributed by atoms with Crippen LogP contribution in [0.3, 0.4) is 0 Å². The molecule has 1 unspecified atom stereocenters. The molecule has 3 heteroatoms. The van der Waals surface area contributed by atoms with Gasteiger partial charge in [0.2, 0.25) is 0 Å². The molecular formula is C9H13NO2. The first kappa shape index (κ1) is 8.87. The highest BCUT2D eigenvalue weighted by Gasteiger charge is 2.02. The van der Waals surface area contributed by atoms with Crippen molar-refractivity contribution in [1.82, 2.24) is 0 Å². The van der Waals surface area contributed by atoms with Gasteiger partial charge in [-0.05, 0) is 31.0 Å². The first-order chi connectivity index (χ1) is 5.59. The summed E-state index contributed by atoms with van der Waals surface area (Å²) < 4.78 is 0. The predicted octanol–water partition coefficient (Wildman–Crippen LogP) is 0.987. The summed E-state index contributed by atoms with van der Waals surface area (Å²) >= 11 is 0. The fourth-order valence-corrected chi connectivity index (χ4v) is 1.07. The van der Waals surface area contributed by atoms with E-state index < -0.39 is 0 Å². The first-order valence-corrected chi connectivity index (χ1v) is 3.86. The Kier molecular flexibility index (Phi) is 2.55. The molecule has 66 valence electrons. The average molecular weight is 167 g/mol. The van der Waals surface area contributed by atoms with Gasteiger partial charge in [0, 0.05) is 6.04 Å². The third-order valence-electron chi connectivity index (χ3n) is 1.60. The molecule has 0 aromatic heterocycles. The van der Waals surface area contributed by atoms with Crippen molar-refractivity contribution in [2.75, 3.05) is 0 Å². The molecule has 0 fully saturated rings. The summed E-state index contributed by atoms with van der Waals surface area (Å²) in [7, 11) is 0. The zero-order valence-electron chi connectivity index (χ0n) is 6.99. The van der Waals surface area contributed by atoms with Crippen molar-refractivity contribution in [3.63, 3.8) is 0 Å². The van der Waals surface area contributed by atoms with Crippen LogP contribution in [0, 0.1) is 0 Å². The van der Waals surface area contributed by atoms with Crippen LogP contribution in [0.25, 0.3) is 0 Å². The van der Waals surface area contributed by atoms with E-state index in [1.807, 2.05) is 6.92 Å². The number of phenols is 2. The minimum Gasteiger partial charge on any atom is -0.504 e. The Morgan fingerprint density at radius 1 is 1.33 bits per heavy atom. The predicted molar refractivity (Wildman–Crippen MR) is 47.1 cm³/mol. The third kappa shape index (κ3) is 2.13. The van der Waals surface area contributed by atoms with Crippen LogP contribution in [-0.4, -0.2) is 16.3 Å². The molecule has 1 rings (SSSR count). The van der Waals surface area contributed by atoms with Crippen molar-refractivity contribution in [2.24, 2.45) is 5.73 Å². The number of nitrogens with two attached hydrogens (primary N) is 1. The van der Waals surface area contributed by atoms with Gasteiger partial charge < -0.3 is 15.9 Å². The summed E-state index contributed by atoms with van der Waals surface area (Å²) in [5.41, 5.74) is 6.50. The maximum absolute atomic E-state index is 9.12. The topological polar surface area (TPSA) is 66.5 Å². The van der Waals surface area contributed by atoms with Crippen LogP contribution in [0.4, 0.5) is 0 Å². The normalized spacial score (nSPS) is 12.8. The zero-order chi connectivity index (χ0) is 9.14. The van der Waals surface area contributed by atoms with Crippen LogP contribution in [-0.2, 0) is 6.42 Å². The Morgan fingerprint density at radius 2 is 2.00 bits per heavy atom. The summed E-state index contributed by atoms with van der Waals surface area (Å²) in [5.74, 6) is -0.184. The molecule has 12 heavy (non-hydrogen) atoms. The smallest absolute Gasteiger partial charge is 0.157 e. The number of phenolic OH excluding ortho intramolecular Hbond substituents is 2. The van der Waals surface area contributed by atoms with Crippen molar-refractivity contribution < 1.29 is 10.2 Å². The van der Waals surface area contributed by atoms with Crippen LogP contribution in [0.2, 0.25) is 0 Å². The van der Waals surface area contributed by atoms with E-state index in [9.17, 15) is 0 Å². The van der Waals surface area contributed by atoms with E-state index in [0.29, 0.717) is 6.42 Å². The first-order valence-electron chi connectivity index (χ1n) is 3.86. The van der Waals surface area contributed by atoms with Crippen molar-refractivity contribution in [1.29, 1.82) is 0 Å². The van der Waals surface area contributed by atoms with E-state index in [-0.39, 0.29) is 17.5 Å². The Morgan fingerprint density at radius 3 is 2.50 bits per heavy atom. The largest absolute Gasteiger partial charge is 0.504 e. The molecule has 1 atom stereocenters. The number of rotatable bonds is 2. The summed E-state index contributed by atoms with van der Waals surface area (Å²) in [6.45, 7) is 1.89. The lowest BCUT2D eigenvalue weighted by molar-refractivity contribution is 0.403. The summed E-state index contributed by atoms with van der Waals surface area (Å²) in [6.07, 6.45) is 0.702. The Balaban J connectivity index is 2.82. The maximum atomic E-state index is 9.12. The Hall–Kier alpha value is -1.22. The van der Waals surface area contributed by atoms with Gasteiger partial charge in [-0.15, -0.1) is 0 Å². The van der Waals surface area contributed by atoms with E-state index in [0.717, 1.165) is 5.56 Å². The van der Waals surface area contributed by atoms with Crippen molar-refractivity contribution in [3.8, 4) is 11.5 Å². The van der Waals surface area contributed by atoms with E-state index >= 15 is 0 Å². The van der Waals surface area contributed by atoms with Crippen molar-refractivity contribution >= 4 is 0 Å². The van der Waals surface area contributed by atoms with Gasteiger partial charge in [-0.25, -0.2) is 0 Å². The molecule has 4 N–H and O–H groups in total. The van der Waals surface area contributed by atoms with Gasteiger partial charge in [-0.3, -0.25) is 0 Å². The molecule has 0 radical (unpaired) electrons. The average Bonchev–Trinajstić information content (AvgIpc) is 1.96. The SMILES string of the molecule is CC(N)Cc1ccc(O)c(O)c1. The number of benzene rings is 1. The van der Waals surface area contributed by atoms with Crippen LogP contribution < -0.4 is 5.73 Å². The Labute approximate surface area is 71.5 Å². The van der Waals surface area contributed by atoms with Gasteiger partial charge in [0.25, 0.3) is 0 Å². The molecule has 0 bridgehead atoms. The molecule has 0 aliphatic heterocycles. The Bertz CT molecular complexity index is 271. The number of hydrogen-bond acceptors (Lipinski definition) is 3. The molecular weight excluding hydrogens is 154 g/mol. The third-order valence-corrected chi connectivity index (χ3v) is 1.60. The highest BCUT2D eigenvalue weighted by atomic mass is 16.3. The van der Waals surface area contributed by atoms with E-state index in [1.54, 1.807) is 6.07 Å². The molecule has 1 aromatic carbocycles. The quantitative estimate of drug-likeness (QED) is 0.575. The van der Waals surface area contributed by atoms with Gasteiger partial charge in [-0.1, -0.05) is 6.07 Å². The summed E-state index contributed by atoms with van der Waals surface area (Å²) in [5, 5.41) is 18.1. The van der Waals surface area contributed by atoms with Crippen molar-refractivity contribution in [3.05, 3.63) is 23.8 Å². The fraction of sp³-hybridized carbons (Fsp3) is 0.333. The summed E-state index contributed by atoms with van der Waals surface area (Å²) in [6, 6.07) is 4.80. The van der Waals surface area contributed by atoms with Gasteiger partial charge in [0.1, 0.15) is 0 Å².